The topological polar surface area (TPSA) is 0 Å². The minimum absolute atomic E-state index is 0. The summed E-state index contributed by atoms with van der Waals surface area (Å²) in [6.45, 7) is 15.0. The van der Waals surface area contributed by atoms with E-state index in [1.165, 1.54) is 82.0 Å². The molecule has 0 bridgehead atoms. The Morgan fingerprint density at radius 3 is 0.900 bits per heavy atom. The third-order valence-electron chi connectivity index (χ3n) is 3.94. The van der Waals surface area contributed by atoms with E-state index in [4.69, 9.17) is 0 Å². The number of quaternary nitrogens is 1. The van der Waals surface area contributed by atoms with E-state index in [0.29, 0.717) is 0 Å². The van der Waals surface area contributed by atoms with Crippen molar-refractivity contribution in [2.75, 3.05) is 26.2 Å². The number of nitrogens with zero attached hydrogens (tertiary/aromatic N) is 1. The van der Waals surface area contributed by atoms with Gasteiger partial charge in [0.25, 0.3) is 0 Å². The molecule has 0 aliphatic carbocycles. The molecule has 4 heteroatoms. The van der Waals surface area contributed by atoms with Gasteiger partial charge >= 0.3 is 0 Å². The second-order valence-electron chi connectivity index (χ2n) is 5.65. The smallest absolute Gasteiger partial charge is 0.0786 e. The third-order valence-corrected chi connectivity index (χ3v) is 3.94. The number of hydrogen-bond donors (Lipinski definition) is 0. The van der Waals surface area contributed by atoms with Crippen molar-refractivity contribution >= 4 is 29.4 Å². The van der Waals surface area contributed by atoms with Gasteiger partial charge in [-0.2, -0.15) is 0 Å². The fourth-order valence-electron chi connectivity index (χ4n) is 2.64. The van der Waals surface area contributed by atoms with E-state index in [1.807, 2.05) is 0 Å². The molecule has 0 spiro atoms. The maximum Gasteiger partial charge on any atom is 0.0786 e. The fourth-order valence-corrected chi connectivity index (χ4v) is 2.64. The first-order chi connectivity index (χ1) is 8.24. The van der Waals surface area contributed by atoms with Gasteiger partial charge in [-0.05, 0) is 25.7 Å². The van der Waals surface area contributed by atoms with Crippen molar-refractivity contribution in [3.05, 3.63) is 0 Å². The van der Waals surface area contributed by atoms with Gasteiger partial charge in [0, 0.05) is 17.1 Å². The number of rotatable bonds is 12. The van der Waals surface area contributed by atoms with E-state index < -0.39 is 0 Å². The molecule has 0 aliphatic rings. The molecule has 20 heavy (non-hydrogen) atoms. The molecular formula is C16H38BrClFeN+. The molecule has 0 atom stereocenters. The zero-order valence-corrected chi connectivity index (χ0v) is 17.7. The van der Waals surface area contributed by atoms with Crippen molar-refractivity contribution in [2.24, 2.45) is 0 Å². The van der Waals surface area contributed by atoms with Crippen LogP contribution in [0.1, 0.15) is 79.1 Å². The van der Waals surface area contributed by atoms with Crippen LogP contribution in [0.4, 0.5) is 0 Å². The summed E-state index contributed by atoms with van der Waals surface area (Å²) in [5.41, 5.74) is 0. The van der Waals surface area contributed by atoms with E-state index in [-0.39, 0.29) is 46.5 Å². The van der Waals surface area contributed by atoms with Crippen LogP contribution in [0.5, 0.6) is 0 Å². The molecule has 0 saturated heterocycles. The Labute approximate surface area is 155 Å². The Hall–Kier alpha value is 1.25. The van der Waals surface area contributed by atoms with E-state index in [0.717, 1.165) is 0 Å². The zero-order chi connectivity index (χ0) is 13.0. The Kier molecular flexibility index (Phi) is 29.6. The second-order valence-corrected chi connectivity index (χ2v) is 5.65. The summed E-state index contributed by atoms with van der Waals surface area (Å²) in [5, 5.41) is 0. The van der Waals surface area contributed by atoms with E-state index in [1.54, 1.807) is 0 Å². The fraction of sp³-hybridized carbons (Fsp3) is 1.00. The van der Waals surface area contributed by atoms with Crippen LogP contribution in [0.3, 0.4) is 0 Å². The molecule has 0 fully saturated rings. The minimum Gasteiger partial charge on any atom is -0.324 e. The Morgan fingerprint density at radius 2 is 0.750 bits per heavy atom. The molecule has 0 unspecified atom stereocenters. The summed E-state index contributed by atoms with van der Waals surface area (Å²) in [4.78, 5) is 0. The Bertz CT molecular complexity index is 133. The molecule has 0 aliphatic heterocycles. The Balaban J connectivity index is -0.000000427. The molecule has 0 amide bonds. The summed E-state index contributed by atoms with van der Waals surface area (Å²) < 4.78 is 1.42. The van der Waals surface area contributed by atoms with Crippen molar-refractivity contribution in [3.63, 3.8) is 0 Å². The van der Waals surface area contributed by atoms with Crippen LogP contribution >= 0.6 is 29.4 Å². The molecule has 0 rings (SSSR count). The van der Waals surface area contributed by atoms with Gasteiger partial charge in [-0.15, -0.1) is 29.4 Å². The molecule has 128 valence electrons. The van der Waals surface area contributed by atoms with Gasteiger partial charge in [0.1, 0.15) is 0 Å². The van der Waals surface area contributed by atoms with Crippen LogP contribution in [0.15, 0.2) is 0 Å². The SMILES string of the molecule is Br.CCCC[N+](CCCC)(CCCC)CCCC.Cl.[Fe]. The first-order valence-corrected chi connectivity index (χ1v) is 8.09. The van der Waals surface area contributed by atoms with Crippen molar-refractivity contribution in [1.82, 2.24) is 0 Å². The molecule has 1 nitrogen and oxygen atoms in total. The van der Waals surface area contributed by atoms with Crippen molar-refractivity contribution in [1.29, 1.82) is 0 Å². The van der Waals surface area contributed by atoms with Gasteiger partial charge in [-0.25, -0.2) is 0 Å². The quantitative estimate of drug-likeness (QED) is 0.271. The molecule has 0 aromatic carbocycles. The predicted molar refractivity (Wildman–Crippen MR) is 96.9 cm³/mol. The van der Waals surface area contributed by atoms with Crippen LogP contribution in [-0.4, -0.2) is 30.7 Å². The van der Waals surface area contributed by atoms with Gasteiger partial charge in [-0.3, -0.25) is 0 Å². The molecule has 0 heterocycles. The van der Waals surface area contributed by atoms with Gasteiger partial charge in [-0.1, -0.05) is 53.4 Å². The molecule has 0 aromatic heterocycles. The molecule has 0 radical (unpaired) electrons. The van der Waals surface area contributed by atoms with Gasteiger partial charge < -0.3 is 4.48 Å². The van der Waals surface area contributed by atoms with Crippen LogP contribution in [0.2, 0.25) is 0 Å². The summed E-state index contributed by atoms with van der Waals surface area (Å²) in [6, 6.07) is 0. The summed E-state index contributed by atoms with van der Waals surface area (Å²) >= 11 is 0. The summed E-state index contributed by atoms with van der Waals surface area (Å²) in [7, 11) is 0. The third kappa shape index (κ3) is 14.2. The molecule has 0 N–H and O–H groups in total. The average molecular weight is 416 g/mol. The number of halogens is 2. The number of hydrogen-bond acceptors (Lipinski definition) is 0. The van der Waals surface area contributed by atoms with Crippen LogP contribution in [0.25, 0.3) is 0 Å². The van der Waals surface area contributed by atoms with Crippen LogP contribution in [-0.2, 0) is 17.1 Å². The second kappa shape index (κ2) is 20.2. The summed E-state index contributed by atoms with van der Waals surface area (Å²) in [5.74, 6) is 0. The van der Waals surface area contributed by atoms with Crippen molar-refractivity contribution in [3.8, 4) is 0 Å². The Morgan fingerprint density at radius 1 is 0.550 bits per heavy atom. The normalized spacial score (nSPS) is 10.2. The number of unbranched alkanes of at least 4 members (excludes halogenated alkanes) is 4. The standard InChI is InChI=1S/C16H36N.BrH.ClH.Fe/c1-5-9-13-17(14-10-6-2,15-11-7-3)16-12-8-4;;;/h5-16H2,1-4H3;2*1H;/q+1;;;. The monoisotopic (exact) mass is 414 g/mol. The first-order valence-electron chi connectivity index (χ1n) is 8.09. The maximum atomic E-state index is 2.33. The van der Waals surface area contributed by atoms with Gasteiger partial charge in [0.15, 0.2) is 0 Å². The first kappa shape index (κ1) is 29.3. The largest absolute Gasteiger partial charge is 0.324 e. The van der Waals surface area contributed by atoms with Crippen LogP contribution < -0.4 is 0 Å². The molecule has 0 aromatic rings. The van der Waals surface area contributed by atoms with Crippen molar-refractivity contribution in [2.45, 2.75) is 79.1 Å². The van der Waals surface area contributed by atoms with Gasteiger partial charge in [0.2, 0.25) is 0 Å². The van der Waals surface area contributed by atoms with E-state index in [2.05, 4.69) is 27.7 Å². The minimum atomic E-state index is 0. The van der Waals surface area contributed by atoms with Crippen molar-refractivity contribution < 1.29 is 21.6 Å². The molecule has 0 saturated carbocycles. The average Bonchev–Trinajstić information content (AvgIpc) is 2.37. The molecular weight excluding hydrogens is 377 g/mol. The zero-order valence-electron chi connectivity index (χ0n) is 14.1. The maximum absolute atomic E-state index is 2.33. The van der Waals surface area contributed by atoms with Gasteiger partial charge in [0.05, 0.1) is 26.2 Å². The summed E-state index contributed by atoms with van der Waals surface area (Å²) in [6.07, 6.45) is 11.1. The van der Waals surface area contributed by atoms with Crippen LogP contribution in [0, 0.1) is 0 Å². The van der Waals surface area contributed by atoms with E-state index >= 15 is 0 Å². The predicted octanol–water partition coefficient (Wildman–Crippen LogP) is 6.00. The van der Waals surface area contributed by atoms with E-state index in [9.17, 15) is 0 Å².